The number of hydrogen-bond donors (Lipinski definition) is 2. The monoisotopic (exact) mass is 344 g/mol. The molecule has 0 heterocycles. The number of ether oxygens (including phenoxy) is 2. The van der Waals surface area contributed by atoms with Crippen LogP contribution in [0.25, 0.3) is 0 Å². The van der Waals surface area contributed by atoms with Crippen molar-refractivity contribution in [1.29, 1.82) is 0 Å². The maximum atomic E-state index is 10.9. The highest BCUT2D eigenvalue weighted by Crippen LogP contribution is 2.00. The summed E-state index contributed by atoms with van der Waals surface area (Å²) >= 11 is 0. The van der Waals surface area contributed by atoms with Crippen molar-refractivity contribution in [2.45, 2.75) is 31.7 Å². The van der Waals surface area contributed by atoms with E-state index in [1.165, 1.54) is 19.3 Å². The lowest BCUT2D eigenvalue weighted by Gasteiger charge is -2.01. The molecule has 1 unspecified atom stereocenters. The second-order valence-corrected chi connectivity index (χ2v) is 5.21. The van der Waals surface area contributed by atoms with E-state index in [-0.39, 0.29) is 6.61 Å². The number of aliphatic hydroxyl groups is 2. The van der Waals surface area contributed by atoms with E-state index in [9.17, 15) is 15.0 Å². The molecule has 0 aliphatic heterocycles. The highest BCUT2D eigenvalue weighted by atomic mass is 16.5. The quantitative estimate of drug-likeness (QED) is 0.236. The molecule has 0 fully saturated rings. The number of esters is 1. The molecule has 1 aromatic carbocycles. The van der Waals surface area contributed by atoms with Gasteiger partial charge in [-0.05, 0) is 18.1 Å². The van der Waals surface area contributed by atoms with E-state index in [4.69, 9.17) is 4.74 Å². The molecule has 0 radical (unpaired) electrons. The van der Waals surface area contributed by atoms with Crippen LogP contribution in [0.2, 0.25) is 0 Å². The van der Waals surface area contributed by atoms with Crippen LogP contribution >= 0.6 is 0 Å². The van der Waals surface area contributed by atoms with Gasteiger partial charge in [0.25, 0.3) is 0 Å². The van der Waals surface area contributed by atoms with Crippen molar-refractivity contribution >= 4 is 5.97 Å². The van der Waals surface area contributed by atoms with Crippen molar-refractivity contribution in [1.82, 2.24) is 0 Å². The Labute approximate surface area is 148 Å². The van der Waals surface area contributed by atoms with E-state index in [1.807, 2.05) is 30.3 Å². The number of hydrogen-bond acceptors (Lipinski definition) is 5. The fourth-order valence-corrected chi connectivity index (χ4v) is 1.81. The maximum Gasteiger partial charge on any atom is 0.330 e. The van der Waals surface area contributed by atoms with E-state index in [0.717, 1.165) is 5.56 Å². The standard InChI is InChI=1S/C20H24O5/c1-24-20(23)14-13-19(22)11-6-5-10-18(21)12-7-15-25-16-17-8-3-2-4-9-17/h2-6,8-9,13-14,18-19,21-22H,10-11,15-16H2,1H3/b6-5-,14-13+/t18?,19-/m0/s1. The first-order chi connectivity index (χ1) is 12.1. The van der Waals surface area contributed by atoms with Gasteiger partial charge in [0.1, 0.15) is 12.7 Å². The minimum atomic E-state index is -0.778. The SMILES string of the molecule is COC(=O)/C=C/[C@@H](O)C/C=C\CC(O)C#CCOCc1ccccc1. The van der Waals surface area contributed by atoms with Gasteiger partial charge in [0.2, 0.25) is 0 Å². The molecular weight excluding hydrogens is 320 g/mol. The molecule has 1 rings (SSSR count). The van der Waals surface area contributed by atoms with Crippen LogP contribution in [0.4, 0.5) is 0 Å². The Morgan fingerprint density at radius 2 is 1.92 bits per heavy atom. The zero-order valence-corrected chi connectivity index (χ0v) is 14.3. The lowest BCUT2D eigenvalue weighted by molar-refractivity contribution is -0.134. The number of aliphatic hydroxyl groups excluding tert-OH is 2. The van der Waals surface area contributed by atoms with Crippen LogP contribution in [-0.4, -0.2) is 42.1 Å². The van der Waals surface area contributed by atoms with Crippen molar-refractivity contribution in [3.63, 3.8) is 0 Å². The molecule has 0 aromatic heterocycles. The predicted octanol–water partition coefficient (Wildman–Crippen LogP) is 1.99. The van der Waals surface area contributed by atoms with Gasteiger partial charge in [-0.15, -0.1) is 0 Å². The minimum Gasteiger partial charge on any atom is -0.466 e. The minimum absolute atomic E-state index is 0.257. The Hall–Kier alpha value is -2.39. The Balaban J connectivity index is 2.16. The van der Waals surface area contributed by atoms with Crippen LogP contribution in [0.3, 0.4) is 0 Å². The molecule has 5 nitrogen and oxygen atoms in total. The van der Waals surface area contributed by atoms with Gasteiger partial charge in [-0.25, -0.2) is 4.79 Å². The van der Waals surface area contributed by atoms with Gasteiger partial charge in [0.05, 0.1) is 19.8 Å². The summed E-state index contributed by atoms with van der Waals surface area (Å²) in [4.78, 5) is 10.9. The van der Waals surface area contributed by atoms with Gasteiger partial charge in [-0.3, -0.25) is 0 Å². The molecule has 0 amide bonds. The first-order valence-electron chi connectivity index (χ1n) is 7.99. The fourth-order valence-electron chi connectivity index (χ4n) is 1.81. The Kier molecular flexibility index (Phi) is 10.7. The molecule has 0 bridgehead atoms. The third kappa shape index (κ3) is 10.9. The Morgan fingerprint density at radius 3 is 2.64 bits per heavy atom. The molecule has 0 spiro atoms. The number of rotatable bonds is 9. The average Bonchev–Trinajstić information content (AvgIpc) is 2.63. The van der Waals surface area contributed by atoms with Crippen molar-refractivity contribution in [3.05, 3.63) is 60.2 Å². The van der Waals surface area contributed by atoms with Crippen LogP contribution in [0.1, 0.15) is 18.4 Å². The van der Waals surface area contributed by atoms with Crippen LogP contribution < -0.4 is 0 Å². The summed E-state index contributed by atoms with van der Waals surface area (Å²) in [7, 11) is 1.27. The summed E-state index contributed by atoms with van der Waals surface area (Å²) in [5.74, 6) is 4.96. The number of carbonyl (C=O) groups is 1. The van der Waals surface area contributed by atoms with Gasteiger partial charge in [0, 0.05) is 12.5 Å². The number of methoxy groups -OCH3 is 1. The summed E-state index contributed by atoms with van der Waals surface area (Å²) in [6.45, 7) is 0.745. The number of benzene rings is 1. The van der Waals surface area contributed by atoms with E-state index in [0.29, 0.717) is 19.4 Å². The first kappa shape index (κ1) is 20.7. The first-order valence-corrected chi connectivity index (χ1v) is 7.99. The third-order valence-electron chi connectivity index (χ3n) is 3.11. The molecule has 2 N–H and O–H groups in total. The normalized spacial score (nSPS) is 13.4. The highest BCUT2D eigenvalue weighted by Gasteiger charge is 1.99. The van der Waals surface area contributed by atoms with E-state index >= 15 is 0 Å². The zero-order chi connectivity index (χ0) is 18.3. The van der Waals surface area contributed by atoms with Gasteiger partial charge in [-0.2, -0.15) is 0 Å². The van der Waals surface area contributed by atoms with E-state index in [2.05, 4.69) is 16.6 Å². The summed E-state index contributed by atoms with van der Waals surface area (Å²) < 4.78 is 9.83. The van der Waals surface area contributed by atoms with Crippen LogP contribution in [0.15, 0.2) is 54.6 Å². The molecule has 0 aliphatic rings. The second-order valence-electron chi connectivity index (χ2n) is 5.21. The summed E-state index contributed by atoms with van der Waals surface area (Å²) in [6.07, 6.45) is 5.14. The molecule has 0 saturated heterocycles. The van der Waals surface area contributed by atoms with Gasteiger partial charge < -0.3 is 19.7 Å². The smallest absolute Gasteiger partial charge is 0.330 e. The van der Waals surface area contributed by atoms with Crippen LogP contribution in [0, 0.1) is 11.8 Å². The molecule has 5 heteroatoms. The zero-order valence-electron chi connectivity index (χ0n) is 14.3. The molecule has 2 atom stereocenters. The van der Waals surface area contributed by atoms with Crippen LogP contribution in [-0.2, 0) is 20.9 Å². The highest BCUT2D eigenvalue weighted by molar-refractivity contribution is 5.81. The molecular formula is C20H24O5. The van der Waals surface area contributed by atoms with Crippen molar-refractivity contribution in [2.75, 3.05) is 13.7 Å². The lowest BCUT2D eigenvalue weighted by atomic mass is 10.2. The topological polar surface area (TPSA) is 76.0 Å². The molecule has 25 heavy (non-hydrogen) atoms. The van der Waals surface area contributed by atoms with Crippen molar-refractivity contribution in [2.24, 2.45) is 0 Å². The fraction of sp³-hybridized carbons (Fsp3) is 0.350. The van der Waals surface area contributed by atoms with E-state index in [1.54, 1.807) is 12.2 Å². The molecule has 0 aliphatic carbocycles. The van der Waals surface area contributed by atoms with Gasteiger partial charge >= 0.3 is 5.97 Å². The van der Waals surface area contributed by atoms with Crippen molar-refractivity contribution < 1.29 is 24.5 Å². The lowest BCUT2D eigenvalue weighted by Crippen LogP contribution is -2.04. The summed E-state index contributed by atoms with van der Waals surface area (Å²) in [5.41, 5.74) is 1.08. The van der Waals surface area contributed by atoms with Gasteiger partial charge in [-0.1, -0.05) is 54.3 Å². The summed E-state index contributed by atoms with van der Waals surface area (Å²) in [5, 5.41) is 19.3. The van der Waals surface area contributed by atoms with E-state index < -0.39 is 18.2 Å². The molecule has 134 valence electrons. The second kappa shape index (κ2) is 13.0. The van der Waals surface area contributed by atoms with Crippen LogP contribution in [0.5, 0.6) is 0 Å². The third-order valence-corrected chi connectivity index (χ3v) is 3.11. The summed E-state index contributed by atoms with van der Waals surface area (Å²) in [6, 6.07) is 9.79. The molecule has 1 aromatic rings. The maximum absolute atomic E-state index is 10.9. The average molecular weight is 344 g/mol. The number of carbonyl (C=O) groups excluding carboxylic acids is 1. The van der Waals surface area contributed by atoms with Crippen molar-refractivity contribution in [3.8, 4) is 11.8 Å². The molecule has 0 saturated carbocycles. The predicted molar refractivity (Wildman–Crippen MR) is 95.4 cm³/mol. The largest absolute Gasteiger partial charge is 0.466 e. The van der Waals surface area contributed by atoms with Gasteiger partial charge in [0.15, 0.2) is 0 Å². The Bertz CT molecular complexity index is 610. The Morgan fingerprint density at radius 1 is 1.20 bits per heavy atom.